The van der Waals surface area contributed by atoms with Crippen molar-refractivity contribution in [3.05, 3.63) is 0 Å². The second-order valence-electron chi connectivity index (χ2n) is 1.35. The van der Waals surface area contributed by atoms with Crippen LogP contribution in [-0.2, 0) is 0 Å². The van der Waals surface area contributed by atoms with Crippen molar-refractivity contribution in [2.75, 3.05) is 19.7 Å². The van der Waals surface area contributed by atoms with Crippen molar-refractivity contribution >= 4 is 7.92 Å². The molecule has 0 heterocycles. The van der Waals surface area contributed by atoms with E-state index >= 15 is 0 Å². The van der Waals surface area contributed by atoms with Crippen molar-refractivity contribution in [2.45, 2.75) is 0 Å². The van der Waals surface area contributed by atoms with Gasteiger partial charge in [0.1, 0.15) is 0 Å². The molecule has 2 heteroatoms. The minimum atomic E-state index is -0.430. The Kier molecular flexibility index (Phi) is 2.82. The van der Waals surface area contributed by atoms with E-state index in [0.29, 0.717) is 0 Å². The van der Waals surface area contributed by atoms with Gasteiger partial charge in [0.25, 0.3) is 0 Å². The summed E-state index contributed by atoms with van der Waals surface area (Å²) in [5, 5.41) is 9.67. The van der Waals surface area contributed by atoms with E-state index in [1.165, 1.54) is 0 Å². The summed E-state index contributed by atoms with van der Waals surface area (Å²) in [6.45, 7) is 4.02. The molecule has 0 amide bonds. The van der Waals surface area contributed by atoms with Crippen LogP contribution in [0.5, 0.6) is 0 Å². The largest absolute Gasteiger partial charge is 0.824 e. The quantitative estimate of drug-likeness (QED) is 0.410. The molecule has 32 valence electrons. The summed E-state index contributed by atoms with van der Waals surface area (Å²) >= 11 is 0. The average molecular weight is 92.1 g/mol. The maximum Gasteiger partial charge on any atom is 0.0451 e. The molecule has 5 heavy (non-hydrogen) atoms. The molecule has 0 aliphatic heterocycles. The van der Waals surface area contributed by atoms with E-state index in [1.54, 1.807) is 0 Å². The monoisotopic (exact) mass is 92.0 g/mol. The van der Waals surface area contributed by atoms with Crippen molar-refractivity contribution in [1.29, 1.82) is 0 Å². The third-order valence-electron chi connectivity index (χ3n) is 0.289. The zero-order valence-corrected chi connectivity index (χ0v) is 4.62. The van der Waals surface area contributed by atoms with Gasteiger partial charge in [-0.1, -0.05) is 0 Å². The lowest BCUT2D eigenvalue weighted by Gasteiger charge is -1.96. The minimum Gasteiger partial charge on any atom is -0.824 e. The zero-order valence-electron chi connectivity index (χ0n) is 3.62. The topological polar surface area (TPSA) is 23.1 Å². The first-order valence-corrected chi connectivity index (χ1v) is 4.35. The van der Waals surface area contributed by atoms with Gasteiger partial charge in [0, 0.05) is 13.3 Å². The Hall–Kier alpha value is 0.390. The highest BCUT2D eigenvalue weighted by Gasteiger charge is 1.81. The highest BCUT2D eigenvalue weighted by molar-refractivity contribution is 7.55. The Bertz CT molecular complexity index is 20.9. The first kappa shape index (κ1) is 5.39. The molecule has 0 aromatic carbocycles. The molecule has 0 aliphatic carbocycles. The van der Waals surface area contributed by atoms with Crippen molar-refractivity contribution in [3.8, 4) is 0 Å². The lowest BCUT2D eigenvalue weighted by atomic mass is 11.7. The van der Waals surface area contributed by atoms with Crippen LogP contribution in [0.1, 0.15) is 0 Å². The van der Waals surface area contributed by atoms with Crippen molar-refractivity contribution in [3.63, 3.8) is 0 Å². The van der Waals surface area contributed by atoms with Crippen molar-refractivity contribution in [2.24, 2.45) is 0 Å². The van der Waals surface area contributed by atoms with Gasteiger partial charge in [-0.3, -0.25) is 0 Å². The molecule has 0 bridgehead atoms. The molecular formula is C3H9OP. The molecule has 0 atom stereocenters. The molecule has 0 saturated carbocycles. The van der Waals surface area contributed by atoms with Gasteiger partial charge >= 0.3 is 0 Å². The standard InChI is InChI=1S/C3H8OP/c1-5(2)3-4/h3H2,1-2H3/q-1/p+1. The fourth-order valence-corrected chi connectivity index (χ4v) is 0. The van der Waals surface area contributed by atoms with E-state index in [2.05, 4.69) is 0 Å². The van der Waals surface area contributed by atoms with Crippen LogP contribution in [-0.4, -0.2) is 19.7 Å². The van der Waals surface area contributed by atoms with E-state index in [9.17, 15) is 5.11 Å². The molecule has 0 aliphatic rings. The van der Waals surface area contributed by atoms with E-state index in [1.807, 2.05) is 13.3 Å². The minimum absolute atomic E-state index is 0.157. The van der Waals surface area contributed by atoms with E-state index in [0.717, 1.165) is 0 Å². The highest BCUT2D eigenvalue weighted by Crippen LogP contribution is 2.18. The maximum absolute atomic E-state index is 9.67. The van der Waals surface area contributed by atoms with Gasteiger partial charge in [-0.2, -0.15) is 0 Å². The first-order chi connectivity index (χ1) is 2.27. The lowest BCUT2D eigenvalue weighted by Crippen LogP contribution is -2.00. The molecule has 1 nitrogen and oxygen atoms in total. The van der Waals surface area contributed by atoms with Crippen LogP contribution >= 0.6 is 7.92 Å². The molecule has 0 spiro atoms. The number of rotatable bonds is 1. The van der Waals surface area contributed by atoms with Crippen molar-refractivity contribution in [1.82, 2.24) is 0 Å². The summed E-state index contributed by atoms with van der Waals surface area (Å²) in [4.78, 5) is 0. The Morgan fingerprint density at radius 1 is 1.60 bits per heavy atom. The van der Waals surface area contributed by atoms with Gasteiger partial charge in [0.2, 0.25) is 0 Å². The van der Waals surface area contributed by atoms with Gasteiger partial charge in [0.05, 0.1) is 0 Å². The second kappa shape index (κ2) is 2.62. The molecule has 0 aromatic rings. The van der Waals surface area contributed by atoms with Crippen LogP contribution in [0.2, 0.25) is 0 Å². The normalized spacial score (nSPS) is 9.60. The molecule has 0 rings (SSSR count). The fraction of sp³-hybridized carbons (Fsp3) is 1.00. The molecule has 0 aromatic heterocycles. The summed E-state index contributed by atoms with van der Waals surface area (Å²) in [5.74, 6) is 0. The van der Waals surface area contributed by atoms with Crippen LogP contribution in [0.15, 0.2) is 0 Å². The molecule has 0 saturated heterocycles. The molecule has 0 N–H and O–H groups in total. The molecular weight excluding hydrogens is 83.0 g/mol. The third kappa shape index (κ3) is 4.39. The Morgan fingerprint density at radius 2 is 1.80 bits per heavy atom. The van der Waals surface area contributed by atoms with Crippen LogP contribution in [0, 0.1) is 0 Å². The number of hydrogen-bond acceptors (Lipinski definition) is 1. The molecule has 0 radical (unpaired) electrons. The first-order valence-electron chi connectivity index (χ1n) is 1.64. The fourth-order valence-electron chi connectivity index (χ4n) is 0. The van der Waals surface area contributed by atoms with E-state index < -0.39 is 7.92 Å². The Balaban J connectivity index is 2.54. The van der Waals surface area contributed by atoms with Gasteiger partial charge < -0.3 is 5.11 Å². The average Bonchev–Trinajstić information content (AvgIpc) is 1.38. The summed E-state index contributed by atoms with van der Waals surface area (Å²) in [6, 6.07) is 0. The second-order valence-corrected chi connectivity index (χ2v) is 4.05. The van der Waals surface area contributed by atoms with E-state index in [4.69, 9.17) is 0 Å². The predicted octanol–water partition coefficient (Wildman–Crippen LogP) is -0.222. The van der Waals surface area contributed by atoms with Gasteiger partial charge in [-0.15, -0.1) is 0 Å². The SMILES string of the molecule is C[PH+](C)C[O-]. The van der Waals surface area contributed by atoms with Crippen LogP contribution in [0.3, 0.4) is 0 Å². The van der Waals surface area contributed by atoms with Gasteiger partial charge in [-0.25, -0.2) is 0 Å². The van der Waals surface area contributed by atoms with Gasteiger partial charge in [0.15, 0.2) is 0 Å². The summed E-state index contributed by atoms with van der Waals surface area (Å²) in [7, 11) is -0.430. The number of hydrogen-bond donors (Lipinski definition) is 0. The summed E-state index contributed by atoms with van der Waals surface area (Å²) in [6.07, 6.45) is 0.157. The van der Waals surface area contributed by atoms with Crippen LogP contribution in [0.4, 0.5) is 0 Å². The van der Waals surface area contributed by atoms with Gasteiger partial charge in [-0.05, 0) is 14.3 Å². The highest BCUT2D eigenvalue weighted by atomic mass is 31.1. The Morgan fingerprint density at radius 3 is 1.80 bits per heavy atom. The predicted molar refractivity (Wildman–Crippen MR) is 25.0 cm³/mol. The molecule has 0 fully saturated rings. The summed E-state index contributed by atoms with van der Waals surface area (Å²) in [5.41, 5.74) is 0. The van der Waals surface area contributed by atoms with E-state index in [-0.39, 0.29) is 6.35 Å². The smallest absolute Gasteiger partial charge is 0.0451 e. The summed E-state index contributed by atoms with van der Waals surface area (Å²) < 4.78 is 0. The van der Waals surface area contributed by atoms with Crippen LogP contribution in [0.25, 0.3) is 0 Å². The lowest BCUT2D eigenvalue weighted by molar-refractivity contribution is -0.340. The third-order valence-corrected chi connectivity index (χ3v) is 0.866. The van der Waals surface area contributed by atoms with Crippen molar-refractivity contribution < 1.29 is 5.11 Å². The molecule has 0 unspecified atom stereocenters. The Labute approximate surface area is 33.8 Å². The van der Waals surface area contributed by atoms with Crippen LogP contribution < -0.4 is 5.11 Å². The maximum atomic E-state index is 9.67. The zero-order chi connectivity index (χ0) is 4.28.